The maximum Gasteiger partial charge on any atom is 0.411 e. The molecule has 2 aliphatic rings. The number of thiophene rings is 1. The summed E-state index contributed by atoms with van der Waals surface area (Å²) < 4.78 is 11.9. The van der Waals surface area contributed by atoms with Gasteiger partial charge in [-0.15, -0.1) is 11.3 Å². The number of piperidine rings is 1. The maximum atomic E-state index is 12.1. The number of nitrogens with one attached hydrogen (secondary N) is 1. The topological polar surface area (TPSA) is 50.8 Å². The van der Waals surface area contributed by atoms with Gasteiger partial charge in [0, 0.05) is 23.0 Å². The van der Waals surface area contributed by atoms with Crippen LogP contribution in [0.5, 0.6) is 0 Å². The Morgan fingerprint density at radius 2 is 2.07 bits per heavy atom. The van der Waals surface area contributed by atoms with Crippen molar-refractivity contribution in [2.24, 2.45) is 0 Å². The number of anilines is 1. The van der Waals surface area contributed by atoms with Gasteiger partial charge >= 0.3 is 6.09 Å². The van der Waals surface area contributed by atoms with E-state index in [0.717, 1.165) is 18.2 Å². The molecule has 5 nitrogen and oxygen atoms in total. The zero-order valence-corrected chi connectivity index (χ0v) is 18.8. The third-order valence-electron chi connectivity index (χ3n) is 6.46. The molecule has 2 fully saturated rings. The number of carbonyl (C=O) groups excluding carboxylic acids is 1. The number of amides is 1. The van der Waals surface area contributed by atoms with Crippen molar-refractivity contribution in [1.29, 1.82) is 0 Å². The molecule has 1 aromatic carbocycles. The van der Waals surface area contributed by atoms with Gasteiger partial charge in [-0.3, -0.25) is 5.32 Å². The molecular formula is C24H34N2O3S. The Balaban J connectivity index is 1.39. The van der Waals surface area contributed by atoms with Crippen molar-refractivity contribution in [1.82, 2.24) is 4.90 Å². The van der Waals surface area contributed by atoms with Crippen molar-refractivity contribution < 1.29 is 14.3 Å². The maximum absolute atomic E-state index is 12.1. The van der Waals surface area contributed by atoms with E-state index in [2.05, 4.69) is 34.7 Å². The molecule has 4 rings (SSSR count). The quantitative estimate of drug-likeness (QED) is 0.548. The fourth-order valence-corrected chi connectivity index (χ4v) is 5.91. The van der Waals surface area contributed by atoms with E-state index < -0.39 is 6.09 Å². The van der Waals surface area contributed by atoms with Crippen LogP contribution < -0.4 is 5.32 Å². The lowest BCUT2D eigenvalue weighted by Gasteiger charge is -2.33. The molecule has 2 saturated heterocycles. The predicted molar refractivity (Wildman–Crippen MR) is 124 cm³/mol. The van der Waals surface area contributed by atoms with Gasteiger partial charge in [0.2, 0.25) is 0 Å². The summed E-state index contributed by atoms with van der Waals surface area (Å²) in [6.07, 6.45) is 8.49. The van der Waals surface area contributed by atoms with Crippen molar-refractivity contribution in [2.45, 2.75) is 63.8 Å². The fourth-order valence-electron chi connectivity index (χ4n) is 4.89. The Bertz CT molecular complexity index is 821. The van der Waals surface area contributed by atoms with Gasteiger partial charge < -0.3 is 14.4 Å². The molecule has 1 amide bonds. The first-order chi connectivity index (χ1) is 14.7. The van der Waals surface area contributed by atoms with Crippen LogP contribution in [0.1, 0.15) is 63.4 Å². The van der Waals surface area contributed by atoms with Crippen LogP contribution in [0.2, 0.25) is 0 Å². The van der Waals surface area contributed by atoms with Crippen LogP contribution in [-0.2, 0) is 9.47 Å². The minimum Gasteiger partial charge on any atom is -0.447 e. The summed E-state index contributed by atoms with van der Waals surface area (Å²) in [7, 11) is 0. The standard InChI is InChI=1S/C24H34N2O3S/c1-2-13-28-14-15-29-24(27)25-19-7-9-23-21(16-19)22(17-30-23)18-6-8-20-5-3-4-11-26(20)12-10-18/h7,9,16-18,20H,2-6,8,10-15H2,1H3,(H,25,27). The molecule has 2 aliphatic heterocycles. The van der Waals surface area contributed by atoms with Crippen LogP contribution in [0.4, 0.5) is 10.5 Å². The molecule has 1 aromatic heterocycles. The van der Waals surface area contributed by atoms with Crippen molar-refractivity contribution in [2.75, 3.05) is 38.2 Å². The zero-order chi connectivity index (χ0) is 20.8. The lowest BCUT2D eigenvalue weighted by Crippen LogP contribution is -2.38. The smallest absolute Gasteiger partial charge is 0.411 e. The van der Waals surface area contributed by atoms with Gasteiger partial charge in [0.15, 0.2) is 0 Å². The first-order valence-electron chi connectivity index (χ1n) is 11.5. The summed E-state index contributed by atoms with van der Waals surface area (Å²) in [6.45, 7) is 5.97. The summed E-state index contributed by atoms with van der Waals surface area (Å²) in [4.78, 5) is 14.8. The van der Waals surface area contributed by atoms with Gasteiger partial charge in [0.25, 0.3) is 0 Å². The SMILES string of the molecule is CCCOCCOC(=O)Nc1ccc2scc(C3CCC4CCCCN4CC3)c2c1. The first-order valence-corrected chi connectivity index (χ1v) is 12.4. The Morgan fingerprint density at radius 3 is 2.97 bits per heavy atom. The van der Waals surface area contributed by atoms with Crippen molar-refractivity contribution in [3.05, 3.63) is 29.1 Å². The van der Waals surface area contributed by atoms with E-state index in [0.29, 0.717) is 19.1 Å². The number of carbonyl (C=O) groups is 1. The second-order valence-corrected chi connectivity index (χ2v) is 9.44. The molecule has 0 radical (unpaired) electrons. The zero-order valence-electron chi connectivity index (χ0n) is 18.0. The average molecular weight is 431 g/mol. The van der Waals surface area contributed by atoms with Crippen molar-refractivity contribution in [3.8, 4) is 0 Å². The van der Waals surface area contributed by atoms with Gasteiger partial charge in [-0.2, -0.15) is 0 Å². The molecule has 0 saturated carbocycles. The average Bonchev–Trinajstić information content (AvgIpc) is 3.05. The third kappa shape index (κ3) is 5.34. The Labute approximate surface area is 183 Å². The number of fused-ring (bicyclic) bond motifs is 2. The molecule has 164 valence electrons. The molecule has 2 unspecified atom stereocenters. The van der Waals surface area contributed by atoms with Gasteiger partial charge in [-0.1, -0.05) is 13.3 Å². The number of benzene rings is 1. The molecule has 6 heteroatoms. The minimum atomic E-state index is -0.419. The van der Waals surface area contributed by atoms with Crippen LogP contribution in [0.3, 0.4) is 0 Å². The molecule has 1 N–H and O–H groups in total. The van der Waals surface area contributed by atoms with Gasteiger partial charge in [-0.25, -0.2) is 4.79 Å². The second-order valence-electron chi connectivity index (χ2n) is 8.52. The van der Waals surface area contributed by atoms with Gasteiger partial charge in [0.1, 0.15) is 6.61 Å². The molecule has 2 aromatic rings. The third-order valence-corrected chi connectivity index (χ3v) is 7.44. The number of ether oxygens (including phenoxy) is 2. The van der Waals surface area contributed by atoms with E-state index >= 15 is 0 Å². The number of nitrogens with zero attached hydrogens (tertiary/aromatic N) is 1. The van der Waals surface area contributed by atoms with E-state index in [1.807, 2.05) is 17.4 Å². The minimum absolute atomic E-state index is 0.275. The van der Waals surface area contributed by atoms with Gasteiger partial charge in [0.05, 0.1) is 6.61 Å². The summed E-state index contributed by atoms with van der Waals surface area (Å²) in [5, 5.41) is 6.50. The Kier molecular flexibility index (Phi) is 7.63. The lowest BCUT2D eigenvalue weighted by molar-refractivity contribution is 0.0786. The predicted octanol–water partition coefficient (Wildman–Crippen LogP) is 6.00. The summed E-state index contributed by atoms with van der Waals surface area (Å²) in [5.74, 6) is 0.613. The highest BCUT2D eigenvalue weighted by atomic mass is 32.1. The molecule has 0 bridgehead atoms. The highest BCUT2D eigenvalue weighted by Gasteiger charge is 2.28. The van der Waals surface area contributed by atoms with Crippen LogP contribution >= 0.6 is 11.3 Å². The fraction of sp³-hybridized carbons (Fsp3) is 0.625. The molecule has 0 spiro atoms. The number of hydrogen-bond donors (Lipinski definition) is 1. The van der Waals surface area contributed by atoms with E-state index in [4.69, 9.17) is 9.47 Å². The number of rotatable bonds is 7. The summed E-state index contributed by atoms with van der Waals surface area (Å²) >= 11 is 1.81. The van der Waals surface area contributed by atoms with Crippen LogP contribution in [0.15, 0.2) is 23.6 Å². The molecule has 30 heavy (non-hydrogen) atoms. The van der Waals surface area contributed by atoms with Crippen LogP contribution in [-0.4, -0.2) is 49.9 Å². The van der Waals surface area contributed by atoms with E-state index in [-0.39, 0.29) is 6.61 Å². The monoisotopic (exact) mass is 430 g/mol. The van der Waals surface area contributed by atoms with Crippen LogP contribution in [0.25, 0.3) is 10.1 Å². The van der Waals surface area contributed by atoms with E-state index in [1.165, 1.54) is 67.3 Å². The highest BCUT2D eigenvalue weighted by Crippen LogP contribution is 2.39. The highest BCUT2D eigenvalue weighted by molar-refractivity contribution is 7.17. The van der Waals surface area contributed by atoms with Gasteiger partial charge in [-0.05, 0) is 92.1 Å². The molecular weight excluding hydrogens is 396 g/mol. The first kappa shape index (κ1) is 21.6. The molecule has 2 atom stereocenters. The largest absolute Gasteiger partial charge is 0.447 e. The van der Waals surface area contributed by atoms with E-state index in [1.54, 1.807) is 0 Å². The van der Waals surface area contributed by atoms with Crippen molar-refractivity contribution >= 4 is 33.2 Å². The lowest BCUT2D eigenvalue weighted by atomic mass is 9.90. The Morgan fingerprint density at radius 1 is 1.13 bits per heavy atom. The molecule has 3 heterocycles. The van der Waals surface area contributed by atoms with Crippen molar-refractivity contribution in [3.63, 3.8) is 0 Å². The normalized spacial score (nSPS) is 22.4. The molecule has 0 aliphatic carbocycles. The van der Waals surface area contributed by atoms with E-state index in [9.17, 15) is 4.79 Å². The summed E-state index contributed by atoms with van der Waals surface area (Å²) in [5.41, 5.74) is 2.26. The number of hydrogen-bond acceptors (Lipinski definition) is 5. The summed E-state index contributed by atoms with van der Waals surface area (Å²) in [6, 6.07) is 6.99. The van der Waals surface area contributed by atoms with Crippen LogP contribution in [0, 0.1) is 0 Å². The Hall–Kier alpha value is -1.63. The second kappa shape index (κ2) is 10.6.